The lowest BCUT2D eigenvalue weighted by atomic mass is 10.1. The van der Waals surface area contributed by atoms with Crippen molar-refractivity contribution in [2.45, 2.75) is 38.5 Å². The van der Waals surface area contributed by atoms with E-state index in [9.17, 15) is 18.0 Å². The molecule has 1 N–H and O–H groups in total. The van der Waals surface area contributed by atoms with Crippen LogP contribution in [0.4, 0.5) is 18.0 Å². The fourth-order valence-corrected chi connectivity index (χ4v) is 3.01. The molecule has 0 radical (unpaired) electrons. The first-order valence-corrected chi connectivity index (χ1v) is 9.55. The van der Waals surface area contributed by atoms with Gasteiger partial charge in [0, 0.05) is 38.6 Å². The third-order valence-corrected chi connectivity index (χ3v) is 4.80. The minimum Gasteiger partial charge on any atom is -0.474 e. The van der Waals surface area contributed by atoms with Crippen molar-refractivity contribution in [3.63, 3.8) is 0 Å². The van der Waals surface area contributed by atoms with E-state index in [1.807, 2.05) is 0 Å². The number of amides is 1. The van der Waals surface area contributed by atoms with Crippen LogP contribution in [0.2, 0.25) is 0 Å². The van der Waals surface area contributed by atoms with Crippen molar-refractivity contribution in [3.8, 4) is 11.8 Å². The van der Waals surface area contributed by atoms with Gasteiger partial charge >= 0.3 is 12.3 Å². The molecule has 1 aromatic heterocycles. The van der Waals surface area contributed by atoms with Gasteiger partial charge in [0.1, 0.15) is 12.4 Å². The van der Waals surface area contributed by atoms with Crippen molar-refractivity contribution in [3.05, 3.63) is 47.3 Å². The monoisotopic (exact) mass is 438 g/mol. The molecule has 1 amide bonds. The summed E-state index contributed by atoms with van der Waals surface area (Å²) in [7, 11) is 0. The first-order valence-electron chi connectivity index (χ1n) is 9.55. The first-order chi connectivity index (χ1) is 14.7. The molecule has 2 aromatic rings. The van der Waals surface area contributed by atoms with Crippen LogP contribution in [0.3, 0.4) is 0 Å². The Labute approximate surface area is 176 Å². The zero-order chi connectivity index (χ0) is 22.4. The van der Waals surface area contributed by atoms with Crippen molar-refractivity contribution in [1.82, 2.24) is 14.9 Å². The minimum absolute atomic E-state index is 0.166. The van der Waals surface area contributed by atoms with Crippen LogP contribution in [-0.2, 0) is 12.6 Å². The summed E-state index contributed by atoms with van der Waals surface area (Å²) in [6, 6.07) is 4.80. The van der Waals surface area contributed by atoms with E-state index in [1.54, 1.807) is 6.92 Å². The van der Waals surface area contributed by atoms with Crippen molar-refractivity contribution in [2.75, 3.05) is 13.1 Å². The second-order valence-corrected chi connectivity index (χ2v) is 6.97. The van der Waals surface area contributed by atoms with E-state index in [-0.39, 0.29) is 18.4 Å². The first kappa shape index (κ1) is 22.3. The molecule has 0 unspecified atom stereocenters. The van der Waals surface area contributed by atoms with Crippen molar-refractivity contribution >= 4 is 12.3 Å². The molecule has 0 bridgehead atoms. The van der Waals surface area contributed by atoms with Crippen LogP contribution in [0.25, 0.3) is 0 Å². The van der Waals surface area contributed by atoms with Gasteiger partial charge in [-0.1, -0.05) is 17.3 Å². The Morgan fingerprint density at radius 3 is 2.48 bits per heavy atom. The molecule has 3 rings (SSSR count). The lowest BCUT2D eigenvalue weighted by Crippen LogP contribution is -2.41. The number of halogens is 3. The van der Waals surface area contributed by atoms with Crippen LogP contribution >= 0.6 is 0 Å². The molecule has 0 saturated carbocycles. The highest BCUT2D eigenvalue weighted by atomic mass is 19.4. The standard InChI is InChI=1S/C20H21F3N4O4/c1-13-17(30-16-7-10-27(11-8-16)19(28)29)24-12-25-18(13)31-26-9-6-14-2-4-15(5-3-14)20(21,22)23/h2-5,9,12,16H,6-8,10-11H2,1H3,(H,28,29). The Morgan fingerprint density at radius 2 is 1.87 bits per heavy atom. The van der Waals surface area contributed by atoms with Crippen molar-refractivity contribution in [1.29, 1.82) is 0 Å². The lowest BCUT2D eigenvalue weighted by molar-refractivity contribution is -0.137. The molecule has 2 heterocycles. The van der Waals surface area contributed by atoms with E-state index in [1.165, 1.54) is 29.6 Å². The molecule has 1 aliphatic heterocycles. The molecular weight excluding hydrogens is 417 g/mol. The predicted octanol–water partition coefficient (Wildman–Crippen LogP) is 3.93. The molecule has 11 heteroatoms. The SMILES string of the molecule is Cc1c(ON=CCc2ccc(C(F)(F)F)cc2)ncnc1OC1CCN(C(=O)O)CC1. The summed E-state index contributed by atoms with van der Waals surface area (Å²) < 4.78 is 43.6. The zero-order valence-corrected chi connectivity index (χ0v) is 16.7. The number of hydrogen-bond acceptors (Lipinski definition) is 6. The van der Waals surface area contributed by atoms with Gasteiger partial charge in [-0.3, -0.25) is 0 Å². The summed E-state index contributed by atoms with van der Waals surface area (Å²) in [5, 5.41) is 12.8. The smallest absolute Gasteiger partial charge is 0.416 e. The predicted molar refractivity (Wildman–Crippen MR) is 104 cm³/mol. The molecule has 0 spiro atoms. The van der Waals surface area contributed by atoms with Crippen molar-refractivity contribution < 1.29 is 32.6 Å². The fraction of sp³-hybridized carbons (Fsp3) is 0.400. The number of aromatic nitrogens is 2. The van der Waals surface area contributed by atoms with Gasteiger partial charge in [-0.05, 0) is 24.6 Å². The number of benzene rings is 1. The maximum atomic E-state index is 12.6. The maximum Gasteiger partial charge on any atom is 0.416 e. The van der Waals surface area contributed by atoms with Crippen LogP contribution in [0.5, 0.6) is 11.8 Å². The van der Waals surface area contributed by atoms with Gasteiger partial charge < -0.3 is 19.6 Å². The third kappa shape index (κ3) is 6.06. The average molecular weight is 438 g/mol. The van der Waals surface area contributed by atoms with E-state index >= 15 is 0 Å². The van der Waals surface area contributed by atoms with E-state index in [0.29, 0.717) is 42.9 Å². The lowest BCUT2D eigenvalue weighted by Gasteiger charge is -2.30. The number of carboxylic acid groups (broad SMARTS) is 1. The number of nitrogens with zero attached hydrogens (tertiary/aromatic N) is 4. The summed E-state index contributed by atoms with van der Waals surface area (Å²) >= 11 is 0. The highest BCUT2D eigenvalue weighted by molar-refractivity contribution is 5.65. The second-order valence-electron chi connectivity index (χ2n) is 6.97. The van der Waals surface area contributed by atoms with E-state index < -0.39 is 17.8 Å². The summed E-state index contributed by atoms with van der Waals surface area (Å²) in [6.07, 6.45) is -1.39. The number of alkyl halides is 3. The summed E-state index contributed by atoms with van der Waals surface area (Å²) in [4.78, 5) is 25.7. The number of piperidine rings is 1. The largest absolute Gasteiger partial charge is 0.474 e. The van der Waals surface area contributed by atoms with Gasteiger partial charge in [-0.2, -0.15) is 18.2 Å². The molecule has 31 heavy (non-hydrogen) atoms. The molecule has 166 valence electrons. The van der Waals surface area contributed by atoms with Crippen LogP contribution in [-0.4, -0.2) is 51.5 Å². The summed E-state index contributed by atoms with van der Waals surface area (Å²) in [5.74, 6) is 0.522. The van der Waals surface area contributed by atoms with Crippen LogP contribution in [0.15, 0.2) is 35.7 Å². The van der Waals surface area contributed by atoms with Gasteiger partial charge in [0.15, 0.2) is 0 Å². The third-order valence-electron chi connectivity index (χ3n) is 4.80. The summed E-state index contributed by atoms with van der Waals surface area (Å²) in [6.45, 7) is 2.49. The number of rotatable bonds is 6. The van der Waals surface area contributed by atoms with Crippen molar-refractivity contribution in [2.24, 2.45) is 5.16 Å². The summed E-state index contributed by atoms with van der Waals surface area (Å²) in [5.41, 5.74) is 0.480. The van der Waals surface area contributed by atoms with Gasteiger partial charge in [-0.25, -0.2) is 9.78 Å². The average Bonchev–Trinajstić information content (AvgIpc) is 2.73. The molecule has 8 nitrogen and oxygen atoms in total. The van der Waals surface area contributed by atoms with Crippen LogP contribution in [0, 0.1) is 6.92 Å². The fourth-order valence-electron chi connectivity index (χ4n) is 3.01. The Bertz CT molecular complexity index is 927. The quantitative estimate of drug-likeness (QED) is 0.542. The van der Waals surface area contributed by atoms with E-state index in [0.717, 1.165) is 12.1 Å². The topological polar surface area (TPSA) is 97.1 Å². The normalized spacial score (nSPS) is 15.3. The zero-order valence-electron chi connectivity index (χ0n) is 16.7. The Balaban J connectivity index is 1.54. The van der Waals surface area contributed by atoms with Crippen LogP contribution < -0.4 is 9.57 Å². The van der Waals surface area contributed by atoms with E-state index in [4.69, 9.17) is 14.7 Å². The molecule has 0 atom stereocenters. The molecule has 1 saturated heterocycles. The molecule has 1 aromatic carbocycles. The molecule has 1 aliphatic rings. The number of likely N-dealkylation sites (tertiary alicyclic amines) is 1. The number of carbonyl (C=O) groups is 1. The molecular formula is C20H21F3N4O4. The number of ether oxygens (including phenoxy) is 1. The second kappa shape index (κ2) is 9.63. The minimum atomic E-state index is -4.37. The van der Waals surface area contributed by atoms with E-state index in [2.05, 4.69) is 15.1 Å². The Kier molecular flexibility index (Phi) is 6.93. The molecule has 0 aliphatic carbocycles. The van der Waals surface area contributed by atoms with Gasteiger partial charge in [0.05, 0.1) is 11.1 Å². The molecule has 1 fully saturated rings. The highest BCUT2D eigenvalue weighted by Crippen LogP contribution is 2.29. The van der Waals surface area contributed by atoms with Gasteiger partial charge in [-0.15, -0.1) is 0 Å². The van der Waals surface area contributed by atoms with Gasteiger partial charge in [0.25, 0.3) is 5.88 Å². The highest BCUT2D eigenvalue weighted by Gasteiger charge is 2.29. The number of oxime groups is 1. The Hall–Kier alpha value is -3.37. The van der Waals surface area contributed by atoms with Crippen LogP contribution in [0.1, 0.15) is 29.5 Å². The van der Waals surface area contributed by atoms with Gasteiger partial charge in [0.2, 0.25) is 5.88 Å². The Morgan fingerprint density at radius 1 is 1.23 bits per heavy atom. The number of hydrogen-bond donors (Lipinski definition) is 1. The maximum absolute atomic E-state index is 12.6.